The zero-order valence-electron chi connectivity index (χ0n) is 11.1. The Morgan fingerprint density at radius 2 is 1.84 bits per heavy atom. The Morgan fingerprint density at radius 3 is 2.47 bits per heavy atom. The van der Waals surface area contributed by atoms with Gasteiger partial charge in [-0.1, -0.05) is 41.1 Å². The van der Waals surface area contributed by atoms with Crippen LogP contribution in [0.2, 0.25) is 0 Å². The van der Waals surface area contributed by atoms with Crippen LogP contribution >= 0.6 is 15.9 Å². The smallest absolute Gasteiger partial charge is 0.131 e. The molecule has 0 spiro atoms. The number of halogens is 2. The molecule has 0 aliphatic heterocycles. The molecular weight excluding hydrogens is 305 g/mol. The van der Waals surface area contributed by atoms with Crippen LogP contribution < -0.4 is 5.32 Å². The van der Waals surface area contributed by atoms with E-state index < -0.39 is 0 Å². The van der Waals surface area contributed by atoms with Crippen molar-refractivity contribution in [2.45, 2.75) is 19.9 Å². The van der Waals surface area contributed by atoms with E-state index in [1.54, 1.807) is 6.07 Å². The van der Waals surface area contributed by atoms with Gasteiger partial charge in [-0.3, -0.25) is 0 Å². The molecule has 0 aromatic heterocycles. The molecule has 1 N–H and O–H groups in total. The Balaban J connectivity index is 2.39. The fourth-order valence-electron chi connectivity index (χ4n) is 2.09. The van der Waals surface area contributed by atoms with Gasteiger partial charge >= 0.3 is 0 Å². The highest BCUT2D eigenvalue weighted by atomic mass is 79.9. The van der Waals surface area contributed by atoms with Gasteiger partial charge in [0.1, 0.15) is 5.82 Å². The number of hydrogen-bond acceptors (Lipinski definition) is 1. The summed E-state index contributed by atoms with van der Waals surface area (Å²) in [6.45, 7) is 5.05. The molecule has 1 unspecified atom stereocenters. The predicted octanol–water partition coefficient (Wildman–Crippen LogP) is 4.93. The van der Waals surface area contributed by atoms with Gasteiger partial charge in [0.15, 0.2) is 0 Å². The van der Waals surface area contributed by atoms with E-state index in [9.17, 15) is 4.39 Å². The van der Waals surface area contributed by atoms with Gasteiger partial charge < -0.3 is 5.32 Å². The second-order valence-electron chi connectivity index (χ2n) is 4.53. The topological polar surface area (TPSA) is 12.0 Å². The summed E-state index contributed by atoms with van der Waals surface area (Å²) in [5.74, 6) is -0.185. The fourth-order valence-corrected chi connectivity index (χ4v) is 2.35. The van der Waals surface area contributed by atoms with Gasteiger partial charge in [-0.15, -0.1) is 0 Å². The first kappa shape index (κ1) is 14.2. The van der Waals surface area contributed by atoms with Gasteiger partial charge in [0, 0.05) is 16.1 Å². The van der Waals surface area contributed by atoms with Crippen molar-refractivity contribution in [3.8, 4) is 11.1 Å². The maximum absolute atomic E-state index is 14.0. The molecule has 0 fully saturated rings. The van der Waals surface area contributed by atoms with Crippen LogP contribution in [0.4, 0.5) is 4.39 Å². The lowest BCUT2D eigenvalue weighted by Crippen LogP contribution is -2.17. The molecule has 0 bridgehead atoms. The van der Waals surface area contributed by atoms with E-state index in [1.165, 1.54) is 0 Å². The molecule has 3 heteroatoms. The minimum Gasteiger partial charge on any atom is -0.310 e. The largest absolute Gasteiger partial charge is 0.310 e. The van der Waals surface area contributed by atoms with E-state index in [4.69, 9.17) is 0 Å². The van der Waals surface area contributed by atoms with Crippen LogP contribution in [-0.4, -0.2) is 6.54 Å². The van der Waals surface area contributed by atoms with Crippen LogP contribution in [-0.2, 0) is 0 Å². The fraction of sp³-hybridized carbons (Fsp3) is 0.250. The molecule has 2 rings (SSSR count). The first-order valence-electron chi connectivity index (χ1n) is 6.40. The van der Waals surface area contributed by atoms with Crippen molar-refractivity contribution in [2.24, 2.45) is 0 Å². The Kier molecular flexibility index (Phi) is 4.72. The highest BCUT2D eigenvalue weighted by Crippen LogP contribution is 2.27. The third-order valence-electron chi connectivity index (χ3n) is 3.16. The maximum Gasteiger partial charge on any atom is 0.131 e. The third-order valence-corrected chi connectivity index (χ3v) is 3.68. The van der Waals surface area contributed by atoms with Crippen molar-refractivity contribution in [1.29, 1.82) is 0 Å². The van der Waals surface area contributed by atoms with Crippen LogP contribution in [0.15, 0.2) is 46.9 Å². The monoisotopic (exact) mass is 321 g/mol. The van der Waals surface area contributed by atoms with E-state index in [0.717, 1.165) is 22.1 Å². The molecule has 19 heavy (non-hydrogen) atoms. The number of rotatable bonds is 4. The molecule has 0 aliphatic rings. The van der Waals surface area contributed by atoms with Crippen LogP contribution in [0, 0.1) is 5.82 Å². The van der Waals surface area contributed by atoms with Crippen LogP contribution in [0.3, 0.4) is 0 Å². The number of benzene rings is 2. The Labute approximate surface area is 122 Å². The molecule has 0 aliphatic carbocycles. The third kappa shape index (κ3) is 3.43. The molecule has 1 atom stereocenters. The lowest BCUT2D eigenvalue weighted by atomic mass is 9.99. The lowest BCUT2D eigenvalue weighted by Gasteiger charge is -2.14. The summed E-state index contributed by atoms with van der Waals surface area (Å²) < 4.78 is 15.0. The quantitative estimate of drug-likeness (QED) is 0.842. The van der Waals surface area contributed by atoms with E-state index in [2.05, 4.69) is 35.1 Å². The van der Waals surface area contributed by atoms with Crippen molar-refractivity contribution in [1.82, 2.24) is 5.32 Å². The van der Waals surface area contributed by atoms with E-state index in [0.29, 0.717) is 5.56 Å². The maximum atomic E-state index is 14.0. The molecule has 2 aromatic carbocycles. The first-order valence-corrected chi connectivity index (χ1v) is 7.20. The summed E-state index contributed by atoms with van der Waals surface area (Å²) >= 11 is 3.39. The Bertz CT molecular complexity index is 551. The van der Waals surface area contributed by atoms with Crippen LogP contribution in [0.1, 0.15) is 25.5 Å². The summed E-state index contributed by atoms with van der Waals surface area (Å²) in [7, 11) is 0. The van der Waals surface area contributed by atoms with Gasteiger partial charge in [0.2, 0.25) is 0 Å². The van der Waals surface area contributed by atoms with Crippen molar-refractivity contribution >= 4 is 15.9 Å². The second kappa shape index (κ2) is 6.31. The van der Waals surface area contributed by atoms with E-state index in [1.807, 2.05) is 36.4 Å². The minimum absolute atomic E-state index is 0.185. The van der Waals surface area contributed by atoms with Crippen LogP contribution in [0.25, 0.3) is 11.1 Å². The molecule has 0 saturated heterocycles. The lowest BCUT2D eigenvalue weighted by molar-refractivity contribution is 0.593. The van der Waals surface area contributed by atoms with E-state index in [-0.39, 0.29) is 11.9 Å². The molecule has 0 radical (unpaired) electrons. The number of hydrogen-bond donors (Lipinski definition) is 1. The average Bonchev–Trinajstić information content (AvgIpc) is 2.41. The van der Waals surface area contributed by atoms with Gasteiger partial charge in [0.05, 0.1) is 0 Å². The van der Waals surface area contributed by atoms with Gasteiger partial charge in [-0.25, -0.2) is 4.39 Å². The molecule has 0 amide bonds. The molecule has 2 aromatic rings. The van der Waals surface area contributed by atoms with Gasteiger partial charge in [-0.2, -0.15) is 0 Å². The molecule has 100 valence electrons. The SMILES string of the molecule is CCNC(C)c1ccc(F)c(-c2ccc(Br)cc2)c1. The molecule has 0 saturated carbocycles. The van der Waals surface area contributed by atoms with Gasteiger partial charge in [0.25, 0.3) is 0 Å². The summed E-state index contributed by atoms with van der Waals surface area (Å²) in [6.07, 6.45) is 0. The highest BCUT2D eigenvalue weighted by Gasteiger charge is 2.10. The Morgan fingerprint density at radius 1 is 1.16 bits per heavy atom. The summed E-state index contributed by atoms with van der Waals surface area (Å²) in [4.78, 5) is 0. The summed E-state index contributed by atoms with van der Waals surface area (Å²) in [5.41, 5.74) is 2.64. The summed E-state index contributed by atoms with van der Waals surface area (Å²) in [5, 5.41) is 3.34. The molecule has 0 heterocycles. The second-order valence-corrected chi connectivity index (χ2v) is 5.44. The molecule has 1 nitrogen and oxygen atoms in total. The average molecular weight is 322 g/mol. The zero-order valence-corrected chi connectivity index (χ0v) is 12.7. The Hall–Kier alpha value is -1.19. The normalized spacial score (nSPS) is 12.4. The first-order chi connectivity index (χ1) is 9.11. The predicted molar refractivity (Wildman–Crippen MR) is 81.6 cm³/mol. The van der Waals surface area contributed by atoms with Crippen LogP contribution in [0.5, 0.6) is 0 Å². The zero-order chi connectivity index (χ0) is 13.8. The molecular formula is C16H17BrFN. The number of nitrogens with one attached hydrogen (secondary N) is 1. The van der Waals surface area contributed by atoms with Crippen molar-refractivity contribution in [2.75, 3.05) is 6.54 Å². The summed E-state index contributed by atoms with van der Waals surface area (Å²) in [6, 6.07) is 13.2. The standard InChI is InChI=1S/C16H17BrFN/c1-3-19-11(2)13-6-9-16(18)15(10-13)12-4-7-14(17)8-5-12/h4-11,19H,3H2,1-2H3. The minimum atomic E-state index is -0.185. The van der Waals surface area contributed by atoms with E-state index >= 15 is 0 Å². The van der Waals surface area contributed by atoms with Crippen molar-refractivity contribution < 1.29 is 4.39 Å². The van der Waals surface area contributed by atoms with Gasteiger partial charge in [-0.05, 0) is 48.9 Å². The highest BCUT2D eigenvalue weighted by molar-refractivity contribution is 9.10. The van der Waals surface area contributed by atoms with Crippen molar-refractivity contribution in [3.05, 3.63) is 58.3 Å². The van der Waals surface area contributed by atoms with Crippen molar-refractivity contribution in [3.63, 3.8) is 0 Å².